The Kier molecular flexibility index (Phi) is 15.9. The number of hydrogen-bond donors (Lipinski definition) is 3. The maximum Gasteiger partial charge on any atom is 0.326 e. The fraction of sp³-hybridized carbons (Fsp3) is 0.630. The number of phenols is 1. The summed E-state index contributed by atoms with van der Waals surface area (Å²) >= 11 is 0. The Balaban J connectivity index is 2.05. The number of nitrogens with one attached hydrogen (secondary N) is 1. The van der Waals surface area contributed by atoms with Gasteiger partial charge in [-0.1, -0.05) is 102 Å². The first-order valence-corrected chi connectivity index (χ1v) is 12.5. The number of allylic oxidation sites excluding steroid dienone is 1. The number of amides is 1. The molecule has 1 atom stereocenters. The number of aromatic hydroxyl groups is 1. The van der Waals surface area contributed by atoms with Gasteiger partial charge in [-0.05, 0) is 36.6 Å². The third-order valence-corrected chi connectivity index (χ3v) is 5.73. The third-order valence-electron chi connectivity index (χ3n) is 5.73. The van der Waals surface area contributed by atoms with E-state index in [1.54, 1.807) is 12.1 Å². The van der Waals surface area contributed by atoms with Crippen LogP contribution in [0.5, 0.6) is 5.75 Å². The van der Waals surface area contributed by atoms with Gasteiger partial charge in [0.15, 0.2) is 0 Å². The van der Waals surface area contributed by atoms with E-state index in [1.807, 2.05) is 6.08 Å². The molecule has 0 bridgehead atoms. The Hall–Kier alpha value is -2.30. The minimum atomic E-state index is -1.07. The summed E-state index contributed by atoms with van der Waals surface area (Å²) in [4.78, 5) is 23.5. The largest absolute Gasteiger partial charge is 0.508 e. The minimum absolute atomic E-state index is 0.126. The van der Waals surface area contributed by atoms with Gasteiger partial charge in [-0.2, -0.15) is 0 Å². The normalized spacial score (nSPS) is 12.2. The highest BCUT2D eigenvalue weighted by Gasteiger charge is 2.19. The summed E-state index contributed by atoms with van der Waals surface area (Å²) in [6.07, 6.45) is 21.3. The molecule has 0 saturated carbocycles. The van der Waals surface area contributed by atoms with Gasteiger partial charge in [0.1, 0.15) is 11.8 Å². The van der Waals surface area contributed by atoms with Gasteiger partial charge in [-0.25, -0.2) is 4.79 Å². The Bertz CT molecular complexity index is 654. The Morgan fingerprint density at radius 1 is 0.844 bits per heavy atom. The number of hydrogen-bond acceptors (Lipinski definition) is 3. The topological polar surface area (TPSA) is 86.6 Å². The number of aliphatic carboxylic acids is 1. The van der Waals surface area contributed by atoms with Gasteiger partial charge < -0.3 is 15.5 Å². The number of rotatable bonds is 19. The van der Waals surface area contributed by atoms with Gasteiger partial charge in [0.25, 0.3) is 0 Å². The second-order valence-electron chi connectivity index (χ2n) is 8.70. The summed E-state index contributed by atoms with van der Waals surface area (Å²) in [6.45, 7) is 2.26. The lowest BCUT2D eigenvalue weighted by molar-refractivity contribution is -0.141. The van der Waals surface area contributed by atoms with Crippen LogP contribution in [-0.2, 0) is 16.0 Å². The summed E-state index contributed by atoms with van der Waals surface area (Å²) in [6, 6.07) is 5.33. The molecule has 0 fully saturated rings. The van der Waals surface area contributed by atoms with Crippen molar-refractivity contribution in [2.75, 3.05) is 0 Å². The number of carbonyl (C=O) groups is 2. The fourth-order valence-corrected chi connectivity index (χ4v) is 3.76. The van der Waals surface area contributed by atoms with E-state index in [4.69, 9.17) is 0 Å². The van der Waals surface area contributed by atoms with Gasteiger partial charge in [-0.15, -0.1) is 0 Å². The molecule has 0 radical (unpaired) electrons. The van der Waals surface area contributed by atoms with Crippen LogP contribution in [0, 0.1) is 0 Å². The van der Waals surface area contributed by atoms with E-state index in [0.717, 1.165) is 18.4 Å². The van der Waals surface area contributed by atoms with Crippen molar-refractivity contribution < 1.29 is 19.8 Å². The van der Waals surface area contributed by atoms with Crippen molar-refractivity contribution in [2.45, 2.75) is 109 Å². The van der Waals surface area contributed by atoms with Crippen LogP contribution >= 0.6 is 0 Å². The number of carbonyl (C=O) groups excluding carboxylic acids is 1. The molecular weight excluding hydrogens is 402 g/mol. The molecule has 0 aromatic heterocycles. The predicted molar refractivity (Wildman–Crippen MR) is 131 cm³/mol. The van der Waals surface area contributed by atoms with E-state index >= 15 is 0 Å². The molecule has 0 spiro atoms. The maximum atomic E-state index is 12.0. The van der Waals surface area contributed by atoms with Crippen molar-refractivity contribution in [2.24, 2.45) is 0 Å². The average Bonchev–Trinajstić information content (AvgIpc) is 2.77. The van der Waals surface area contributed by atoms with Gasteiger partial charge in [0.2, 0.25) is 5.91 Å². The van der Waals surface area contributed by atoms with Gasteiger partial charge in [0, 0.05) is 6.42 Å². The highest BCUT2D eigenvalue weighted by atomic mass is 16.4. The lowest BCUT2D eigenvalue weighted by Gasteiger charge is -2.13. The van der Waals surface area contributed by atoms with Crippen molar-refractivity contribution >= 4 is 11.9 Å². The predicted octanol–water partition coefficient (Wildman–Crippen LogP) is 6.54. The van der Waals surface area contributed by atoms with Crippen LogP contribution in [0.15, 0.2) is 36.4 Å². The van der Waals surface area contributed by atoms with Crippen LogP contribution < -0.4 is 5.32 Å². The molecule has 1 amide bonds. The number of benzene rings is 1. The van der Waals surface area contributed by atoms with E-state index in [-0.39, 0.29) is 18.1 Å². The molecule has 0 saturated heterocycles. The lowest BCUT2D eigenvalue weighted by Crippen LogP contribution is -2.41. The van der Waals surface area contributed by atoms with E-state index in [0.29, 0.717) is 0 Å². The molecule has 0 aliphatic carbocycles. The van der Waals surface area contributed by atoms with E-state index in [9.17, 15) is 19.8 Å². The Labute approximate surface area is 194 Å². The molecule has 3 N–H and O–H groups in total. The second kappa shape index (κ2) is 18.3. The molecule has 32 heavy (non-hydrogen) atoms. The van der Waals surface area contributed by atoms with Crippen molar-refractivity contribution in [1.29, 1.82) is 0 Å². The molecule has 0 aliphatic heterocycles. The van der Waals surface area contributed by atoms with Crippen molar-refractivity contribution in [3.63, 3.8) is 0 Å². The zero-order chi connectivity index (χ0) is 23.4. The van der Waals surface area contributed by atoms with Crippen LogP contribution in [0.2, 0.25) is 0 Å². The first kappa shape index (κ1) is 27.7. The number of phenolic OH excluding ortho intramolecular Hbond substituents is 1. The molecule has 5 heteroatoms. The van der Waals surface area contributed by atoms with E-state index in [2.05, 4.69) is 12.2 Å². The summed E-state index contributed by atoms with van der Waals surface area (Å²) in [5, 5.41) is 21.2. The Morgan fingerprint density at radius 2 is 1.34 bits per heavy atom. The van der Waals surface area contributed by atoms with Gasteiger partial charge in [0.05, 0.1) is 0 Å². The molecule has 0 aliphatic rings. The van der Waals surface area contributed by atoms with Gasteiger partial charge in [-0.3, -0.25) is 4.79 Å². The van der Waals surface area contributed by atoms with E-state index < -0.39 is 12.0 Å². The smallest absolute Gasteiger partial charge is 0.326 e. The van der Waals surface area contributed by atoms with Crippen LogP contribution in [-0.4, -0.2) is 28.1 Å². The SMILES string of the molecule is CCCCCCCCCCCCCCCC=CC(=O)N[C@@H](Cc1ccc(O)cc1)C(=O)O. The van der Waals surface area contributed by atoms with Crippen molar-refractivity contribution in [1.82, 2.24) is 5.32 Å². The second-order valence-corrected chi connectivity index (χ2v) is 8.70. The van der Waals surface area contributed by atoms with Crippen LogP contribution in [0.3, 0.4) is 0 Å². The van der Waals surface area contributed by atoms with Crippen LogP contribution in [0.25, 0.3) is 0 Å². The summed E-state index contributed by atoms with van der Waals surface area (Å²) < 4.78 is 0. The molecular formula is C27H43NO4. The molecule has 0 unspecified atom stereocenters. The highest BCUT2D eigenvalue weighted by Crippen LogP contribution is 2.13. The molecule has 1 rings (SSSR count). The number of carboxylic acids is 1. The fourth-order valence-electron chi connectivity index (χ4n) is 3.76. The lowest BCUT2D eigenvalue weighted by atomic mass is 10.0. The summed E-state index contributed by atoms with van der Waals surface area (Å²) in [5.74, 6) is -1.33. The molecule has 5 nitrogen and oxygen atoms in total. The molecule has 1 aromatic carbocycles. The highest BCUT2D eigenvalue weighted by molar-refractivity contribution is 5.91. The first-order valence-electron chi connectivity index (χ1n) is 12.5. The monoisotopic (exact) mass is 445 g/mol. The summed E-state index contributed by atoms with van der Waals surface area (Å²) in [5.41, 5.74) is 0.742. The van der Waals surface area contributed by atoms with Crippen LogP contribution in [0.4, 0.5) is 0 Å². The minimum Gasteiger partial charge on any atom is -0.508 e. The zero-order valence-corrected chi connectivity index (χ0v) is 19.9. The van der Waals surface area contributed by atoms with Crippen LogP contribution in [0.1, 0.15) is 102 Å². The average molecular weight is 446 g/mol. The maximum absolute atomic E-state index is 12.0. The number of unbranched alkanes of at least 4 members (excludes halogenated alkanes) is 13. The van der Waals surface area contributed by atoms with Crippen molar-refractivity contribution in [3.8, 4) is 5.75 Å². The quantitative estimate of drug-likeness (QED) is 0.167. The Morgan fingerprint density at radius 3 is 1.84 bits per heavy atom. The standard InChI is InChI=1S/C27H43NO4/c1-2-3-4-5-6-7-8-9-10-11-12-13-14-15-16-17-26(30)28-25(27(31)32)22-23-18-20-24(29)21-19-23/h16-21,25,29H,2-15,22H2,1H3,(H,28,30)(H,31,32)/t25-/m0/s1. The van der Waals surface area contributed by atoms with Gasteiger partial charge >= 0.3 is 5.97 Å². The number of carboxylic acid groups (broad SMARTS) is 1. The molecule has 1 aromatic rings. The van der Waals surface area contributed by atoms with Crippen molar-refractivity contribution in [3.05, 3.63) is 42.0 Å². The first-order chi connectivity index (χ1) is 15.5. The molecule has 0 heterocycles. The van der Waals surface area contributed by atoms with E-state index in [1.165, 1.54) is 95.3 Å². The zero-order valence-electron chi connectivity index (χ0n) is 19.9. The third kappa shape index (κ3) is 14.7. The summed E-state index contributed by atoms with van der Waals surface area (Å²) in [7, 11) is 0. The molecule has 180 valence electrons.